The summed E-state index contributed by atoms with van der Waals surface area (Å²) in [7, 11) is 0. The Hall–Kier alpha value is -0.850. The first kappa shape index (κ1) is 5.29. The summed E-state index contributed by atoms with van der Waals surface area (Å²) >= 11 is 0. The molecule has 1 nitrogen and oxygen atoms in total. The Bertz CT molecular complexity index is 142. The van der Waals surface area contributed by atoms with E-state index in [-0.39, 0.29) is 0 Å². The van der Waals surface area contributed by atoms with Gasteiger partial charge in [-0.15, -0.1) is 0 Å². The topological polar surface area (TPSA) is 17.1 Å². The molecule has 0 saturated carbocycles. The highest BCUT2D eigenvalue weighted by atomic mass is 16.1. The first-order valence-electron chi connectivity index (χ1n) is 2.74. The zero-order chi connectivity index (χ0) is 5.82. The van der Waals surface area contributed by atoms with Crippen molar-refractivity contribution in [3.8, 4) is 0 Å². The summed E-state index contributed by atoms with van der Waals surface area (Å²) in [5.74, 6) is 0. The van der Waals surface area contributed by atoms with Crippen LogP contribution in [0.2, 0.25) is 0 Å². The van der Waals surface area contributed by atoms with Crippen LogP contribution in [0.5, 0.6) is 0 Å². The Morgan fingerprint density at radius 2 is 2.50 bits per heavy atom. The number of carbonyl (C=O) groups is 1. The van der Waals surface area contributed by atoms with E-state index in [0.717, 1.165) is 24.7 Å². The maximum Gasteiger partial charge on any atom is 0.146 e. The lowest BCUT2D eigenvalue weighted by atomic mass is 10.1. The molecule has 0 radical (unpaired) electrons. The molecule has 0 atom stereocenters. The molecule has 0 saturated heterocycles. The molecule has 0 bridgehead atoms. The lowest BCUT2D eigenvalue weighted by Gasteiger charge is -1.97. The second-order valence-electron chi connectivity index (χ2n) is 1.83. The SMILES string of the molecule is O=CC1=CC=CCC1. The predicted octanol–water partition coefficient (Wildman–Crippen LogP) is 1.46. The van der Waals surface area contributed by atoms with Gasteiger partial charge in [0.15, 0.2) is 0 Å². The van der Waals surface area contributed by atoms with Crippen molar-refractivity contribution in [1.29, 1.82) is 0 Å². The van der Waals surface area contributed by atoms with Gasteiger partial charge in [-0.05, 0) is 18.4 Å². The van der Waals surface area contributed by atoms with E-state index in [1.165, 1.54) is 0 Å². The van der Waals surface area contributed by atoms with E-state index in [1.54, 1.807) is 0 Å². The van der Waals surface area contributed by atoms with Crippen molar-refractivity contribution in [2.24, 2.45) is 0 Å². The molecule has 0 fully saturated rings. The fourth-order valence-electron chi connectivity index (χ4n) is 0.719. The predicted molar refractivity (Wildman–Crippen MR) is 32.5 cm³/mol. The van der Waals surface area contributed by atoms with Crippen LogP contribution >= 0.6 is 0 Å². The van der Waals surface area contributed by atoms with Gasteiger partial charge in [-0.3, -0.25) is 4.79 Å². The summed E-state index contributed by atoms with van der Waals surface area (Å²) < 4.78 is 0. The van der Waals surface area contributed by atoms with Crippen LogP contribution < -0.4 is 0 Å². The largest absolute Gasteiger partial charge is 0.298 e. The highest BCUT2D eigenvalue weighted by Crippen LogP contribution is 2.07. The summed E-state index contributed by atoms with van der Waals surface area (Å²) in [6.07, 6.45) is 8.70. The van der Waals surface area contributed by atoms with Crippen LogP contribution in [0.15, 0.2) is 23.8 Å². The molecule has 0 spiro atoms. The van der Waals surface area contributed by atoms with Crippen molar-refractivity contribution >= 4 is 6.29 Å². The Kier molecular flexibility index (Phi) is 1.62. The Morgan fingerprint density at radius 3 is 2.88 bits per heavy atom. The first-order valence-corrected chi connectivity index (χ1v) is 2.74. The zero-order valence-corrected chi connectivity index (χ0v) is 4.63. The summed E-state index contributed by atoms with van der Waals surface area (Å²) in [4.78, 5) is 10.1. The maximum absolute atomic E-state index is 10.1. The number of hydrogen-bond acceptors (Lipinski definition) is 1. The molecule has 8 heavy (non-hydrogen) atoms. The molecule has 0 heterocycles. The molecule has 0 aromatic heterocycles. The number of carbonyl (C=O) groups excluding carboxylic acids is 1. The van der Waals surface area contributed by atoms with Crippen LogP contribution in [0.25, 0.3) is 0 Å². The van der Waals surface area contributed by atoms with Crippen molar-refractivity contribution in [1.82, 2.24) is 0 Å². The van der Waals surface area contributed by atoms with Gasteiger partial charge in [0.1, 0.15) is 6.29 Å². The molecule has 0 aromatic rings. The van der Waals surface area contributed by atoms with Crippen molar-refractivity contribution < 1.29 is 4.79 Å². The van der Waals surface area contributed by atoms with Gasteiger partial charge >= 0.3 is 0 Å². The number of rotatable bonds is 1. The number of hydrogen-bond donors (Lipinski definition) is 0. The summed E-state index contributed by atoms with van der Waals surface area (Å²) in [5, 5.41) is 0. The van der Waals surface area contributed by atoms with Crippen LogP contribution in [0, 0.1) is 0 Å². The molecule has 1 aliphatic carbocycles. The van der Waals surface area contributed by atoms with Crippen LogP contribution in [-0.2, 0) is 4.79 Å². The molecule has 1 heteroatoms. The third kappa shape index (κ3) is 1.06. The summed E-state index contributed by atoms with van der Waals surface area (Å²) in [5.41, 5.74) is 0.910. The lowest BCUT2D eigenvalue weighted by Crippen LogP contribution is -1.86. The molecule has 0 aromatic carbocycles. The number of aldehydes is 1. The van der Waals surface area contributed by atoms with Crippen molar-refractivity contribution in [3.05, 3.63) is 23.8 Å². The minimum absolute atomic E-state index is 0.910. The van der Waals surface area contributed by atoms with Crippen LogP contribution in [0.4, 0.5) is 0 Å². The lowest BCUT2D eigenvalue weighted by molar-refractivity contribution is -0.105. The third-order valence-corrected chi connectivity index (χ3v) is 1.20. The van der Waals surface area contributed by atoms with Gasteiger partial charge in [-0.2, -0.15) is 0 Å². The fourth-order valence-corrected chi connectivity index (χ4v) is 0.719. The smallest absolute Gasteiger partial charge is 0.146 e. The average molecular weight is 108 g/mol. The van der Waals surface area contributed by atoms with E-state index in [2.05, 4.69) is 6.08 Å². The van der Waals surface area contributed by atoms with Crippen molar-refractivity contribution in [2.75, 3.05) is 0 Å². The quantitative estimate of drug-likeness (QED) is 0.465. The minimum atomic E-state index is 0.910. The van der Waals surface area contributed by atoms with Crippen LogP contribution in [-0.4, -0.2) is 6.29 Å². The van der Waals surface area contributed by atoms with Gasteiger partial charge in [-0.1, -0.05) is 18.2 Å². The Morgan fingerprint density at radius 1 is 1.62 bits per heavy atom. The monoisotopic (exact) mass is 108 g/mol. The molecular formula is C7H8O. The second kappa shape index (κ2) is 2.46. The van der Waals surface area contributed by atoms with E-state index in [0.29, 0.717) is 0 Å². The highest BCUT2D eigenvalue weighted by molar-refractivity contribution is 5.74. The Labute approximate surface area is 48.7 Å². The summed E-state index contributed by atoms with van der Waals surface area (Å²) in [6.45, 7) is 0. The maximum atomic E-state index is 10.1. The van der Waals surface area contributed by atoms with Gasteiger partial charge in [0.25, 0.3) is 0 Å². The van der Waals surface area contributed by atoms with E-state index < -0.39 is 0 Å². The molecule has 42 valence electrons. The van der Waals surface area contributed by atoms with Crippen LogP contribution in [0.1, 0.15) is 12.8 Å². The Balaban J connectivity index is 2.63. The first-order chi connectivity index (χ1) is 3.93. The molecule has 0 N–H and O–H groups in total. The molecule has 1 aliphatic rings. The summed E-state index contributed by atoms with van der Waals surface area (Å²) in [6, 6.07) is 0. The molecule has 1 rings (SSSR count). The molecule has 0 unspecified atom stereocenters. The van der Waals surface area contributed by atoms with Crippen molar-refractivity contribution in [3.63, 3.8) is 0 Å². The normalized spacial score (nSPS) is 17.8. The fraction of sp³-hybridized carbons (Fsp3) is 0.286. The van der Waals surface area contributed by atoms with Gasteiger partial charge < -0.3 is 0 Å². The van der Waals surface area contributed by atoms with Gasteiger partial charge in [-0.25, -0.2) is 0 Å². The van der Waals surface area contributed by atoms with E-state index >= 15 is 0 Å². The van der Waals surface area contributed by atoms with E-state index in [4.69, 9.17) is 0 Å². The second-order valence-corrected chi connectivity index (χ2v) is 1.83. The van der Waals surface area contributed by atoms with Crippen molar-refractivity contribution in [2.45, 2.75) is 12.8 Å². The molecular weight excluding hydrogens is 100 g/mol. The molecule has 0 aliphatic heterocycles. The average Bonchev–Trinajstić information content (AvgIpc) is 1.90. The van der Waals surface area contributed by atoms with E-state index in [1.807, 2.05) is 12.2 Å². The van der Waals surface area contributed by atoms with Gasteiger partial charge in [0.05, 0.1) is 0 Å². The third-order valence-electron chi connectivity index (χ3n) is 1.20. The standard InChI is InChI=1S/C7H8O/c8-6-7-4-2-1-3-5-7/h1-2,4,6H,3,5H2. The zero-order valence-electron chi connectivity index (χ0n) is 4.63. The molecule has 0 amide bonds. The van der Waals surface area contributed by atoms with Crippen LogP contribution in [0.3, 0.4) is 0 Å². The number of allylic oxidation sites excluding steroid dienone is 4. The van der Waals surface area contributed by atoms with E-state index in [9.17, 15) is 4.79 Å². The van der Waals surface area contributed by atoms with Gasteiger partial charge in [0.2, 0.25) is 0 Å². The highest BCUT2D eigenvalue weighted by Gasteiger charge is 1.94. The van der Waals surface area contributed by atoms with Gasteiger partial charge in [0, 0.05) is 0 Å². The minimum Gasteiger partial charge on any atom is -0.298 e.